The predicted molar refractivity (Wildman–Crippen MR) is 149 cm³/mol. The monoisotopic (exact) mass is 566 g/mol. The maximum absolute atomic E-state index is 13.1. The van der Waals surface area contributed by atoms with Gasteiger partial charge in [-0.25, -0.2) is 4.99 Å². The third-order valence-electron chi connectivity index (χ3n) is 5.55. The molecule has 6 nitrogen and oxygen atoms in total. The average molecular weight is 568 g/mol. The standard InChI is InChI=1S/C28H27BrN2O4S/c1-5-31-27(32)25(36-28(31)30-21-10-12-22(33-3)13-11-21)16-20-14-23(29)26(24(15-20)34-4)35-17-19-8-6-18(2)7-9-19/h6-16H,5,17H2,1-4H3/b25-16+,30-28?. The number of aryl methyl sites for hydroxylation is 1. The number of benzene rings is 3. The van der Waals surface area contributed by atoms with Crippen LogP contribution in [0.4, 0.5) is 5.69 Å². The molecule has 0 unspecified atom stereocenters. The van der Waals surface area contributed by atoms with Crippen LogP contribution in [0.5, 0.6) is 17.2 Å². The third-order valence-corrected chi connectivity index (χ3v) is 7.15. The van der Waals surface area contributed by atoms with E-state index in [1.54, 1.807) is 19.1 Å². The highest BCUT2D eigenvalue weighted by molar-refractivity contribution is 9.10. The molecule has 8 heteroatoms. The van der Waals surface area contributed by atoms with Crippen molar-refractivity contribution in [1.82, 2.24) is 4.90 Å². The Morgan fingerprint density at radius 2 is 1.75 bits per heavy atom. The summed E-state index contributed by atoms with van der Waals surface area (Å²) in [7, 11) is 3.23. The maximum atomic E-state index is 13.1. The van der Waals surface area contributed by atoms with Crippen molar-refractivity contribution in [2.75, 3.05) is 20.8 Å². The van der Waals surface area contributed by atoms with Crippen LogP contribution in [0.1, 0.15) is 23.6 Å². The van der Waals surface area contributed by atoms with Gasteiger partial charge in [-0.1, -0.05) is 29.8 Å². The molecule has 0 aromatic heterocycles. The molecule has 1 fully saturated rings. The zero-order valence-electron chi connectivity index (χ0n) is 20.6. The predicted octanol–water partition coefficient (Wildman–Crippen LogP) is 6.98. The number of aliphatic imine (C=N–C) groups is 1. The van der Waals surface area contributed by atoms with E-state index in [0.717, 1.165) is 27.0 Å². The average Bonchev–Trinajstić information content (AvgIpc) is 3.17. The van der Waals surface area contributed by atoms with E-state index < -0.39 is 0 Å². The summed E-state index contributed by atoms with van der Waals surface area (Å²) < 4.78 is 17.6. The maximum Gasteiger partial charge on any atom is 0.266 e. The molecule has 3 aromatic rings. The number of likely N-dealkylation sites (N-methyl/N-ethyl adjacent to an activating group) is 1. The lowest BCUT2D eigenvalue weighted by atomic mass is 10.1. The van der Waals surface area contributed by atoms with Crippen LogP contribution in [0.3, 0.4) is 0 Å². The second-order valence-corrected chi connectivity index (χ2v) is 9.92. The molecule has 0 atom stereocenters. The van der Waals surface area contributed by atoms with Gasteiger partial charge >= 0.3 is 0 Å². The van der Waals surface area contributed by atoms with Crippen LogP contribution in [0, 0.1) is 6.92 Å². The minimum absolute atomic E-state index is 0.0791. The first-order valence-corrected chi connectivity index (χ1v) is 13.0. The van der Waals surface area contributed by atoms with Crippen LogP contribution < -0.4 is 14.2 Å². The van der Waals surface area contributed by atoms with Crippen LogP contribution in [0.15, 0.2) is 75.0 Å². The van der Waals surface area contributed by atoms with Crippen LogP contribution in [0.2, 0.25) is 0 Å². The van der Waals surface area contributed by atoms with Gasteiger partial charge in [0.1, 0.15) is 12.4 Å². The van der Waals surface area contributed by atoms with Crippen molar-refractivity contribution in [3.8, 4) is 17.2 Å². The van der Waals surface area contributed by atoms with E-state index >= 15 is 0 Å². The molecule has 1 amide bonds. The molecule has 3 aromatic carbocycles. The van der Waals surface area contributed by atoms with Gasteiger partial charge in [0.05, 0.1) is 29.3 Å². The minimum atomic E-state index is -0.0791. The molecule has 0 aliphatic carbocycles. The van der Waals surface area contributed by atoms with Gasteiger partial charge in [0.15, 0.2) is 16.7 Å². The molecule has 1 heterocycles. The Morgan fingerprint density at radius 3 is 2.39 bits per heavy atom. The van der Waals surface area contributed by atoms with Crippen molar-refractivity contribution in [2.45, 2.75) is 20.5 Å². The van der Waals surface area contributed by atoms with E-state index in [1.807, 2.05) is 61.5 Å². The van der Waals surface area contributed by atoms with E-state index in [4.69, 9.17) is 14.2 Å². The Morgan fingerprint density at radius 1 is 1.03 bits per heavy atom. The Bertz CT molecular complexity index is 1300. The summed E-state index contributed by atoms with van der Waals surface area (Å²) in [6, 6.07) is 19.4. The van der Waals surface area contributed by atoms with Crippen LogP contribution in [-0.4, -0.2) is 36.7 Å². The second-order valence-electron chi connectivity index (χ2n) is 8.06. The summed E-state index contributed by atoms with van der Waals surface area (Å²) in [5.74, 6) is 1.87. The largest absolute Gasteiger partial charge is 0.497 e. The molecule has 0 N–H and O–H groups in total. The van der Waals surface area contributed by atoms with Gasteiger partial charge in [-0.15, -0.1) is 0 Å². The Kier molecular flexibility index (Phi) is 8.38. The summed E-state index contributed by atoms with van der Waals surface area (Å²) in [6.07, 6.45) is 1.85. The zero-order chi connectivity index (χ0) is 25.7. The number of hydrogen-bond donors (Lipinski definition) is 0. The van der Waals surface area contributed by atoms with Crippen molar-refractivity contribution < 1.29 is 19.0 Å². The fraction of sp³-hybridized carbons (Fsp3) is 0.214. The lowest BCUT2D eigenvalue weighted by molar-refractivity contribution is -0.122. The molecule has 0 saturated carbocycles. The van der Waals surface area contributed by atoms with Crippen LogP contribution in [-0.2, 0) is 11.4 Å². The third kappa shape index (κ3) is 5.94. The number of halogens is 1. The summed E-state index contributed by atoms with van der Waals surface area (Å²) in [4.78, 5) is 20.0. The highest BCUT2D eigenvalue weighted by Crippen LogP contribution is 2.40. The molecule has 0 bridgehead atoms. The van der Waals surface area contributed by atoms with Gasteiger partial charge in [-0.2, -0.15) is 0 Å². The number of hydrogen-bond acceptors (Lipinski definition) is 6. The zero-order valence-corrected chi connectivity index (χ0v) is 23.0. The van der Waals surface area contributed by atoms with Crippen molar-refractivity contribution in [3.05, 3.63) is 86.7 Å². The highest BCUT2D eigenvalue weighted by atomic mass is 79.9. The smallest absolute Gasteiger partial charge is 0.266 e. The number of nitrogens with zero attached hydrogens (tertiary/aromatic N) is 2. The lowest BCUT2D eigenvalue weighted by Gasteiger charge is -2.14. The van der Waals surface area contributed by atoms with Crippen molar-refractivity contribution >= 4 is 50.5 Å². The summed E-state index contributed by atoms with van der Waals surface area (Å²) >= 11 is 4.96. The molecule has 1 saturated heterocycles. The Hall–Kier alpha value is -3.23. The van der Waals surface area contributed by atoms with Gasteiger partial charge in [0, 0.05) is 6.54 Å². The van der Waals surface area contributed by atoms with E-state index in [-0.39, 0.29) is 5.91 Å². The molecule has 36 heavy (non-hydrogen) atoms. The number of amides is 1. The van der Waals surface area contributed by atoms with Gasteiger partial charge in [-0.3, -0.25) is 9.69 Å². The number of carbonyl (C=O) groups is 1. The molecule has 1 aliphatic heterocycles. The summed E-state index contributed by atoms with van der Waals surface area (Å²) in [5, 5.41) is 0.642. The highest BCUT2D eigenvalue weighted by Gasteiger charge is 2.32. The van der Waals surface area contributed by atoms with Gasteiger partial charge in [0.25, 0.3) is 5.91 Å². The van der Waals surface area contributed by atoms with E-state index in [2.05, 4.69) is 40.0 Å². The number of thioether (sulfide) groups is 1. The van der Waals surface area contributed by atoms with Gasteiger partial charge in [-0.05, 0) is 95.1 Å². The molecule has 186 valence electrons. The molecule has 0 radical (unpaired) electrons. The molecule has 1 aliphatic rings. The normalized spacial score (nSPS) is 15.6. The van der Waals surface area contributed by atoms with E-state index in [0.29, 0.717) is 34.7 Å². The first-order chi connectivity index (χ1) is 17.4. The Labute approximate surface area is 224 Å². The van der Waals surface area contributed by atoms with Gasteiger partial charge in [0.2, 0.25) is 0 Å². The summed E-state index contributed by atoms with van der Waals surface area (Å²) in [6.45, 7) is 4.93. The quantitative estimate of drug-likeness (QED) is 0.275. The van der Waals surface area contributed by atoms with Crippen LogP contribution >= 0.6 is 27.7 Å². The fourth-order valence-electron chi connectivity index (χ4n) is 3.59. The molecular weight excluding hydrogens is 540 g/mol. The number of amidine groups is 1. The minimum Gasteiger partial charge on any atom is -0.497 e. The van der Waals surface area contributed by atoms with E-state index in [1.165, 1.54) is 17.3 Å². The first kappa shape index (κ1) is 25.9. The number of ether oxygens (including phenoxy) is 3. The number of methoxy groups -OCH3 is 2. The molecular formula is C28H27BrN2O4S. The first-order valence-electron chi connectivity index (χ1n) is 11.4. The molecule has 0 spiro atoms. The lowest BCUT2D eigenvalue weighted by Crippen LogP contribution is -2.28. The topological polar surface area (TPSA) is 60.4 Å². The summed E-state index contributed by atoms with van der Waals surface area (Å²) in [5.41, 5.74) is 3.84. The van der Waals surface area contributed by atoms with Gasteiger partial charge < -0.3 is 14.2 Å². The van der Waals surface area contributed by atoms with Crippen molar-refractivity contribution in [3.63, 3.8) is 0 Å². The molecule has 4 rings (SSSR count). The SMILES string of the molecule is CCN1C(=O)/C(=C\c2cc(Br)c(OCc3ccc(C)cc3)c(OC)c2)SC1=Nc1ccc(OC)cc1. The van der Waals surface area contributed by atoms with Crippen LogP contribution in [0.25, 0.3) is 6.08 Å². The van der Waals surface area contributed by atoms with Crippen molar-refractivity contribution in [2.24, 2.45) is 4.99 Å². The number of rotatable bonds is 8. The van der Waals surface area contributed by atoms with Crippen molar-refractivity contribution in [1.29, 1.82) is 0 Å². The number of carbonyl (C=O) groups excluding carboxylic acids is 1. The Balaban J connectivity index is 1.57. The second kappa shape index (κ2) is 11.7. The fourth-order valence-corrected chi connectivity index (χ4v) is 5.23. The van der Waals surface area contributed by atoms with E-state index in [9.17, 15) is 4.79 Å².